The number of hydrogen-bond donors (Lipinski definition) is 0. The minimum atomic E-state index is -0.00583. The van der Waals surface area contributed by atoms with Crippen LogP contribution >= 0.6 is 0 Å². The molecule has 1 aliphatic heterocycles. The lowest BCUT2D eigenvalue weighted by atomic mass is 9.97. The molecule has 0 unspecified atom stereocenters. The van der Waals surface area contributed by atoms with Gasteiger partial charge in [0.15, 0.2) is 11.5 Å². The summed E-state index contributed by atoms with van der Waals surface area (Å²) in [6, 6.07) is 3.53. The topological polar surface area (TPSA) is 66.5 Å². The summed E-state index contributed by atoms with van der Waals surface area (Å²) in [5.41, 5.74) is 0.565. The minimum absolute atomic E-state index is 0.00583. The van der Waals surface area contributed by atoms with Crippen LogP contribution in [0.2, 0.25) is 0 Å². The predicted octanol–water partition coefficient (Wildman–Crippen LogP) is 3.40. The second-order valence-corrected chi connectivity index (χ2v) is 6.90. The van der Waals surface area contributed by atoms with Crippen LogP contribution in [0.5, 0.6) is 17.2 Å². The lowest BCUT2D eigenvalue weighted by Gasteiger charge is -2.32. The molecular formula is C22H35NO6. The van der Waals surface area contributed by atoms with E-state index in [0.29, 0.717) is 61.8 Å². The summed E-state index contributed by atoms with van der Waals surface area (Å²) in [5, 5.41) is 0. The molecule has 7 nitrogen and oxygen atoms in total. The lowest BCUT2D eigenvalue weighted by Crippen LogP contribution is -2.39. The Kier molecular flexibility index (Phi) is 10.1. The van der Waals surface area contributed by atoms with Gasteiger partial charge in [0, 0.05) is 32.4 Å². The fourth-order valence-corrected chi connectivity index (χ4v) is 3.39. The summed E-state index contributed by atoms with van der Waals surface area (Å²) in [5.74, 6) is 2.12. The first-order valence-corrected chi connectivity index (χ1v) is 10.6. The number of likely N-dealkylation sites (tertiary alicyclic amines) is 1. The van der Waals surface area contributed by atoms with Crippen molar-refractivity contribution in [2.75, 3.05) is 59.8 Å². The molecule has 0 spiro atoms. The number of carbonyl (C=O) groups is 1. The number of ether oxygens (including phenoxy) is 5. The van der Waals surface area contributed by atoms with Gasteiger partial charge in [-0.15, -0.1) is 0 Å². The molecule has 0 N–H and O–H groups in total. The number of carbonyl (C=O) groups excluding carboxylic acids is 1. The average molecular weight is 410 g/mol. The molecule has 0 aliphatic carbocycles. The SMILES string of the molecule is CCOc1cc(C(=O)N2CCC(COCCOC)CC2)cc(OCC)c1OCC. The molecule has 7 heteroatoms. The zero-order valence-electron chi connectivity index (χ0n) is 18.2. The van der Waals surface area contributed by atoms with Crippen LogP contribution in [0.25, 0.3) is 0 Å². The zero-order chi connectivity index (χ0) is 21.1. The van der Waals surface area contributed by atoms with Gasteiger partial charge in [-0.1, -0.05) is 0 Å². The molecule has 1 aliphatic rings. The minimum Gasteiger partial charge on any atom is -0.490 e. The molecule has 1 amide bonds. The summed E-state index contributed by atoms with van der Waals surface area (Å²) in [4.78, 5) is 15.0. The maximum Gasteiger partial charge on any atom is 0.254 e. The molecule has 1 aromatic carbocycles. The van der Waals surface area contributed by atoms with E-state index >= 15 is 0 Å². The number of benzene rings is 1. The van der Waals surface area contributed by atoms with Crippen molar-refractivity contribution in [3.05, 3.63) is 17.7 Å². The van der Waals surface area contributed by atoms with Gasteiger partial charge < -0.3 is 28.6 Å². The van der Waals surface area contributed by atoms with Crippen LogP contribution < -0.4 is 14.2 Å². The van der Waals surface area contributed by atoms with Gasteiger partial charge in [0.2, 0.25) is 5.75 Å². The smallest absolute Gasteiger partial charge is 0.254 e. The van der Waals surface area contributed by atoms with Gasteiger partial charge in [-0.2, -0.15) is 0 Å². The van der Waals surface area contributed by atoms with Gasteiger partial charge in [-0.05, 0) is 51.7 Å². The van der Waals surface area contributed by atoms with Crippen LogP contribution in [0.15, 0.2) is 12.1 Å². The Balaban J connectivity index is 2.06. The average Bonchev–Trinajstić information content (AvgIpc) is 2.73. The number of amides is 1. The van der Waals surface area contributed by atoms with Crippen molar-refractivity contribution in [2.24, 2.45) is 5.92 Å². The highest BCUT2D eigenvalue weighted by Gasteiger charge is 2.26. The van der Waals surface area contributed by atoms with Gasteiger partial charge in [-0.25, -0.2) is 0 Å². The largest absolute Gasteiger partial charge is 0.490 e. The Morgan fingerprint density at radius 1 is 0.966 bits per heavy atom. The molecule has 1 saturated heterocycles. The lowest BCUT2D eigenvalue weighted by molar-refractivity contribution is 0.0327. The number of methoxy groups -OCH3 is 1. The van der Waals surface area contributed by atoms with E-state index in [1.54, 1.807) is 19.2 Å². The maximum atomic E-state index is 13.1. The van der Waals surface area contributed by atoms with E-state index in [1.165, 1.54) is 0 Å². The van der Waals surface area contributed by atoms with Crippen molar-refractivity contribution < 1.29 is 28.5 Å². The van der Waals surface area contributed by atoms with Crippen LogP contribution in [-0.2, 0) is 9.47 Å². The predicted molar refractivity (Wildman–Crippen MR) is 111 cm³/mol. The molecule has 164 valence electrons. The molecule has 0 aromatic heterocycles. The molecule has 0 bridgehead atoms. The van der Waals surface area contributed by atoms with Gasteiger partial charge in [0.05, 0.1) is 33.0 Å². The second-order valence-electron chi connectivity index (χ2n) is 6.90. The highest BCUT2D eigenvalue weighted by molar-refractivity contribution is 5.95. The van der Waals surface area contributed by atoms with Gasteiger partial charge in [0.25, 0.3) is 5.91 Å². The van der Waals surface area contributed by atoms with E-state index in [2.05, 4.69) is 0 Å². The molecule has 0 atom stereocenters. The number of nitrogens with zero attached hydrogens (tertiary/aromatic N) is 1. The molecule has 29 heavy (non-hydrogen) atoms. The molecular weight excluding hydrogens is 374 g/mol. The van der Waals surface area contributed by atoms with E-state index in [1.807, 2.05) is 25.7 Å². The van der Waals surface area contributed by atoms with Crippen molar-refractivity contribution in [1.29, 1.82) is 0 Å². The van der Waals surface area contributed by atoms with E-state index in [0.717, 1.165) is 32.5 Å². The fourth-order valence-electron chi connectivity index (χ4n) is 3.39. The quantitative estimate of drug-likeness (QED) is 0.493. The van der Waals surface area contributed by atoms with Gasteiger partial charge in [0.1, 0.15) is 0 Å². The number of rotatable bonds is 12. The van der Waals surface area contributed by atoms with Crippen molar-refractivity contribution in [1.82, 2.24) is 4.90 Å². The Labute approximate surface area is 174 Å². The fraction of sp³-hybridized carbons (Fsp3) is 0.682. The third-order valence-corrected chi connectivity index (χ3v) is 4.84. The third-order valence-electron chi connectivity index (χ3n) is 4.84. The van der Waals surface area contributed by atoms with Crippen LogP contribution in [0.3, 0.4) is 0 Å². The second kappa shape index (κ2) is 12.5. The molecule has 1 fully saturated rings. The molecule has 1 aromatic rings. The summed E-state index contributed by atoms with van der Waals surface area (Å²) in [7, 11) is 1.67. The highest BCUT2D eigenvalue weighted by Crippen LogP contribution is 2.39. The first-order valence-electron chi connectivity index (χ1n) is 10.6. The zero-order valence-corrected chi connectivity index (χ0v) is 18.2. The molecule has 0 saturated carbocycles. The van der Waals surface area contributed by atoms with Crippen molar-refractivity contribution in [3.8, 4) is 17.2 Å². The number of piperidine rings is 1. The number of hydrogen-bond acceptors (Lipinski definition) is 6. The van der Waals surface area contributed by atoms with Crippen LogP contribution in [0, 0.1) is 5.92 Å². The van der Waals surface area contributed by atoms with E-state index in [-0.39, 0.29) is 5.91 Å². The van der Waals surface area contributed by atoms with Crippen LogP contribution in [0.1, 0.15) is 44.0 Å². The Hall–Kier alpha value is -1.99. The Morgan fingerprint density at radius 2 is 1.55 bits per heavy atom. The van der Waals surface area contributed by atoms with Crippen LogP contribution in [0.4, 0.5) is 0 Å². The maximum absolute atomic E-state index is 13.1. The summed E-state index contributed by atoms with van der Waals surface area (Å²) < 4.78 is 27.8. The summed E-state index contributed by atoms with van der Waals surface area (Å²) in [6.45, 7) is 10.6. The molecule has 1 heterocycles. The van der Waals surface area contributed by atoms with Gasteiger partial charge >= 0.3 is 0 Å². The van der Waals surface area contributed by atoms with Crippen molar-refractivity contribution >= 4 is 5.91 Å². The standard InChI is InChI=1S/C22H35NO6/c1-5-27-19-14-18(15-20(28-6-2)21(19)29-7-3)22(24)23-10-8-17(9-11-23)16-26-13-12-25-4/h14-15,17H,5-13,16H2,1-4H3. The summed E-state index contributed by atoms with van der Waals surface area (Å²) >= 11 is 0. The van der Waals surface area contributed by atoms with E-state index in [9.17, 15) is 4.79 Å². The molecule has 2 rings (SSSR count). The van der Waals surface area contributed by atoms with Crippen LogP contribution in [-0.4, -0.2) is 70.6 Å². The summed E-state index contributed by atoms with van der Waals surface area (Å²) in [6.07, 6.45) is 1.87. The van der Waals surface area contributed by atoms with Gasteiger partial charge in [-0.3, -0.25) is 4.79 Å². The molecule has 0 radical (unpaired) electrons. The highest BCUT2D eigenvalue weighted by atomic mass is 16.5. The third kappa shape index (κ3) is 6.78. The first kappa shape index (κ1) is 23.3. The monoisotopic (exact) mass is 409 g/mol. The van der Waals surface area contributed by atoms with Crippen molar-refractivity contribution in [3.63, 3.8) is 0 Å². The first-order chi connectivity index (χ1) is 14.1. The van der Waals surface area contributed by atoms with E-state index in [4.69, 9.17) is 23.7 Å². The Bertz CT molecular complexity index is 601. The van der Waals surface area contributed by atoms with Crippen molar-refractivity contribution in [2.45, 2.75) is 33.6 Å². The Morgan fingerprint density at radius 3 is 2.07 bits per heavy atom. The normalized spacial score (nSPS) is 14.7. The van der Waals surface area contributed by atoms with E-state index < -0.39 is 0 Å².